The van der Waals surface area contributed by atoms with Gasteiger partial charge in [-0.3, -0.25) is 0 Å². The maximum absolute atomic E-state index is 9.65. The zero-order chi connectivity index (χ0) is 12.4. The lowest BCUT2D eigenvalue weighted by Gasteiger charge is -2.09. The van der Waals surface area contributed by atoms with Crippen LogP contribution in [0.5, 0.6) is 5.75 Å². The van der Waals surface area contributed by atoms with Crippen molar-refractivity contribution in [3.05, 3.63) is 53.1 Å². The second-order valence-electron chi connectivity index (χ2n) is 4.50. The van der Waals surface area contributed by atoms with Gasteiger partial charge >= 0.3 is 0 Å². The number of rotatable bonds is 2. The summed E-state index contributed by atoms with van der Waals surface area (Å²) in [6.45, 7) is 6.03. The van der Waals surface area contributed by atoms with Crippen molar-refractivity contribution in [3.63, 3.8) is 0 Å². The van der Waals surface area contributed by atoms with Crippen molar-refractivity contribution < 1.29 is 5.11 Å². The van der Waals surface area contributed by atoms with Crippen LogP contribution in [0.2, 0.25) is 0 Å². The van der Waals surface area contributed by atoms with Gasteiger partial charge in [-0.1, -0.05) is 12.1 Å². The summed E-state index contributed by atoms with van der Waals surface area (Å²) in [5.74, 6) is 0.319. The largest absolute Gasteiger partial charge is 0.508 e. The molecule has 2 nitrogen and oxygen atoms in total. The quantitative estimate of drug-likeness (QED) is 0.810. The molecule has 0 fully saturated rings. The fourth-order valence-electron chi connectivity index (χ4n) is 1.90. The second-order valence-corrected chi connectivity index (χ2v) is 4.50. The Hall–Kier alpha value is -1.96. The van der Waals surface area contributed by atoms with E-state index in [1.807, 2.05) is 19.1 Å². The summed E-state index contributed by atoms with van der Waals surface area (Å²) in [5, 5.41) is 12.9. The number of hydrogen-bond donors (Lipinski definition) is 2. The van der Waals surface area contributed by atoms with Crippen LogP contribution in [0, 0.1) is 20.8 Å². The van der Waals surface area contributed by atoms with Crippen molar-refractivity contribution >= 4 is 11.4 Å². The van der Waals surface area contributed by atoms with Gasteiger partial charge in [0.05, 0.1) is 0 Å². The van der Waals surface area contributed by atoms with Crippen LogP contribution in [0.4, 0.5) is 11.4 Å². The minimum atomic E-state index is 0.319. The zero-order valence-corrected chi connectivity index (χ0v) is 10.4. The molecule has 2 aromatic rings. The number of hydrogen-bond acceptors (Lipinski definition) is 2. The van der Waals surface area contributed by atoms with E-state index in [1.165, 1.54) is 11.1 Å². The molecule has 2 N–H and O–H groups in total. The van der Waals surface area contributed by atoms with E-state index in [2.05, 4.69) is 37.4 Å². The van der Waals surface area contributed by atoms with Gasteiger partial charge in [0.2, 0.25) is 0 Å². The molecular weight excluding hydrogens is 210 g/mol. The summed E-state index contributed by atoms with van der Waals surface area (Å²) in [6, 6.07) is 11.9. The van der Waals surface area contributed by atoms with E-state index >= 15 is 0 Å². The van der Waals surface area contributed by atoms with Crippen molar-refractivity contribution in [2.24, 2.45) is 0 Å². The molecular formula is C15H17NO. The third-order valence-electron chi connectivity index (χ3n) is 2.72. The maximum Gasteiger partial charge on any atom is 0.120 e. The Morgan fingerprint density at radius 1 is 0.824 bits per heavy atom. The first-order valence-electron chi connectivity index (χ1n) is 5.69. The van der Waals surface area contributed by atoms with Crippen LogP contribution in [0.1, 0.15) is 16.7 Å². The molecule has 0 aliphatic heterocycles. The Labute approximate surface area is 102 Å². The Bertz CT molecular complexity index is 526. The number of aromatic hydroxyl groups is 1. The van der Waals surface area contributed by atoms with Gasteiger partial charge in [0.1, 0.15) is 5.75 Å². The number of nitrogens with one attached hydrogen (secondary N) is 1. The number of phenols is 1. The topological polar surface area (TPSA) is 32.3 Å². The summed E-state index contributed by atoms with van der Waals surface area (Å²) in [6.07, 6.45) is 0. The van der Waals surface area contributed by atoms with Crippen LogP contribution in [-0.4, -0.2) is 5.11 Å². The molecule has 0 unspecified atom stereocenters. The highest BCUT2D eigenvalue weighted by atomic mass is 16.3. The molecule has 0 bridgehead atoms. The first-order valence-corrected chi connectivity index (χ1v) is 5.69. The lowest BCUT2D eigenvalue weighted by molar-refractivity contribution is 0.471. The second kappa shape index (κ2) is 4.50. The summed E-state index contributed by atoms with van der Waals surface area (Å²) >= 11 is 0. The van der Waals surface area contributed by atoms with Crippen LogP contribution >= 0.6 is 0 Å². The predicted octanol–water partition coefficient (Wildman–Crippen LogP) is 4.06. The zero-order valence-electron chi connectivity index (χ0n) is 10.4. The molecule has 0 saturated carbocycles. The minimum Gasteiger partial charge on any atom is -0.508 e. The summed E-state index contributed by atoms with van der Waals surface area (Å²) in [7, 11) is 0. The number of aryl methyl sites for hydroxylation is 3. The van der Waals surface area contributed by atoms with E-state index in [4.69, 9.17) is 0 Å². The fourth-order valence-corrected chi connectivity index (χ4v) is 1.90. The van der Waals surface area contributed by atoms with E-state index in [1.54, 1.807) is 6.07 Å². The lowest BCUT2D eigenvalue weighted by Crippen LogP contribution is -1.92. The van der Waals surface area contributed by atoms with E-state index < -0.39 is 0 Å². The van der Waals surface area contributed by atoms with E-state index in [0.29, 0.717) is 5.75 Å². The molecule has 2 aromatic carbocycles. The van der Waals surface area contributed by atoms with E-state index in [9.17, 15) is 5.11 Å². The molecule has 0 heterocycles. The van der Waals surface area contributed by atoms with Crippen LogP contribution < -0.4 is 5.32 Å². The van der Waals surface area contributed by atoms with E-state index in [-0.39, 0.29) is 0 Å². The average molecular weight is 227 g/mol. The average Bonchev–Trinajstić information content (AvgIpc) is 2.22. The summed E-state index contributed by atoms with van der Waals surface area (Å²) in [4.78, 5) is 0. The first kappa shape index (κ1) is 11.5. The third-order valence-corrected chi connectivity index (χ3v) is 2.72. The van der Waals surface area contributed by atoms with Gasteiger partial charge in [-0.05, 0) is 55.7 Å². The monoisotopic (exact) mass is 227 g/mol. The van der Waals surface area contributed by atoms with Crippen LogP contribution in [0.3, 0.4) is 0 Å². The lowest BCUT2D eigenvalue weighted by atomic mass is 10.1. The smallest absolute Gasteiger partial charge is 0.120 e. The van der Waals surface area contributed by atoms with Crippen molar-refractivity contribution in [1.29, 1.82) is 0 Å². The van der Waals surface area contributed by atoms with Gasteiger partial charge in [0.25, 0.3) is 0 Å². The summed E-state index contributed by atoms with van der Waals surface area (Å²) in [5.41, 5.74) is 5.28. The number of phenolic OH excluding ortho intramolecular Hbond substituents is 1. The molecule has 0 atom stereocenters. The normalized spacial score (nSPS) is 10.3. The highest BCUT2D eigenvalue weighted by molar-refractivity contribution is 5.63. The predicted molar refractivity (Wildman–Crippen MR) is 72.0 cm³/mol. The number of benzene rings is 2. The van der Waals surface area contributed by atoms with Gasteiger partial charge in [0.15, 0.2) is 0 Å². The van der Waals surface area contributed by atoms with Crippen molar-refractivity contribution in [2.45, 2.75) is 20.8 Å². The van der Waals surface area contributed by atoms with Gasteiger partial charge in [0, 0.05) is 17.4 Å². The highest BCUT2D eigenvalue weighted by Crippen LogP contribution is 2.24. The molecule has 0 aliphatic carbocycles. The van der Waals surface area contributed by atoms with Gasteiger partial charge < -0.3 is 10.4 Å². The standard InChI is InChI=1S/C15H17NO/c1-10-6-11(2)8-14(7-10)16-13-5-4-12(3)15(17)9-13/h4-9,16-17H,1-3H3. The van der Waals surface area contributed by atoms with Gasteiger partial charge in [-0.25, -0.2) is 0 Å². The van der Waals surface area contributed by atoms with Crippen LogP contribution in [0.25, 0.3) is 0 Å². The van der Waals surface area contributed by atoms with Crippen LogP contribution in [-0.2, 0) is 0 Å². The molecule has 2 heteroatoms. The minimum absolute atomic E-state index is 0.319. The number of anilines is 2. The Morgan fingerprint density at radius 3 is 2.06 bits per heavy atom. The Balaban J connectivity index is 2.28. The van der Waals surface area contributed by atoms with Crippen molar-refractivity contribution in [3.8, 4) is 5.75 Å². The fraction of sp³-hybridized carbons (Fsp3) is 0.200. The molecule has 2 rings (SSSR count). The molecule has 0 radical (unpaired) electrons. The molecule has 0 spiro atoms. The SMILES string of the molecule is Cc1cc(C)cc(Nc2ccc(C)c(O)c2)c1. The Kier molecular flexibility index (Phi) is 3.05. The highest BCUT2D eigenvalue weighted by Gasteiger charge is 2.00. The van der Waals surface area contributed by atoms with Crippen molar-refractivity contribution in [1.82, 2.24) is 0 Å². The van der Waals surface area contributed by atoms with Gasteiger partial charge in [-0.15, -0.1) is 0 Å². The molecule has 0 aromatic heterocycles. The third kappa shape index (κ3) is 2.78. The molecule has 0 amide bonds. The Morgan fingerprint density at radius 2 is 1.47 bits per heavy atom. The maximum atomic E-state index is 9.65. The summed E-state index contributed by atoms with van der Waals surface area (Å²) < 4.78 is 0. The first-order chi connectivity index (χ1) is 8.04. The molecule has 88 valence electrons. The molecule has 0 saturated heterocycles. The molecule has 0 aliphatic rings. The van der Waals surface area contributed by atoms with Crippen LogP contribution in [0.15, 0.2) is 36.4 Å². The van der Waals surface area contributed by atoms with Crippen molar-refractivity contribution in [2.75, 3.05) is 5.32 Å². The van der Waals surface area contributed by atoms with Gasteiger partial charge in [-0.2, -0.15) is 0 Å². The molecule has 17 heavy (non-hydrogen) atoms. The van der Waals surface area contributed by atoms with E-state index in [0.717, 1.165) is 16.9 Å².